The minimum Gasteiger partial charge on any atom is -0.495 e. The number of nitrogens with zero attached hydrogens (tertiary/aromatic N) is 3. The van der Waals surface area contributed by atoms with Crippen molar-refractivity contribution in [1.82, 2.24) is 9.88 Å². The molecule has 1 aliphatic heterocycles. The molecule has 1 saturated carbocycles. The summed E-state index contributed by atoms with van der Waals surface area (Å²) in [7, 11) is 7.58. The van der Waals surface area contributed by atoms with Crippen molar-refractivity contribution in [2.24, 2.45) is 0 Å². The highest BCUT2D eigenvalue weighted by molar-refractivity contribution is 5.57. The molecule has 5 rings (SSSR count). The summed E-state index contributed by atoms with van der Waals surface area (Å²) in [5.74, 6) is 0.991. The van der Waals surface area contributed by atoms with Crippen LogP contribution >= 0.6 is 0 Å². The minimum absolute atomic E-state index is 0.0706. The molecule has 0 radical (unpaired) electrons. The first kappa shape index (κ1) is 22.8. The minimum atomic E-state index is -1.27. The van der Waals surface area contributed by atoms with Gasteiger partial charge in [0.2, 0.25) is 0 Å². The predicted octanol–water partition coefficient (Wildman–Crippen LogP) is 4.19. The highest BCUT2D eigenvalue weighted by atomic mass is 16.5. The van der Waals surface area contributed by atoms with Gasteiger partial charge < -0.3 is 19.5 Å². The summed E-state index contributed by atoms with van der Waals surface area (Å²) in [4.78, 5) is 6.23. The van der Waals surface area contributed by atoms with E-state index in [0.717, 1.165) is 17.5 Å². The lowest BCUT2D eigenvalue weighted by molar-refractivity contribution is -0.106. The van der Waals surface area contributed by atoms with Crippen molar-refractivity contribution in [1.29, 1.82) is 5.26 Å². The normalized spacial score (nSPS) is 24.7. The Morgan fingerprint density at radius 1 is 1.09 bits per heavy atom. The van der Waals surface area contributed by atoms with E-state index in [4.69, 9.17) is 9.47 Å². The van der Waals surface area contributed by atoms with Crippen molar-refractivity contribution in [3.8, 4) is 17.6 Å². The van der Waals surface area contributed by atoms with Gasteiger partial charge in [-0.2, -0.15) is 5.26 Å². The monoisotopic (exact) mass is 443 g/mol. The van der Waals surface area contributed by atoms with Crippen LogP contribution in [-0.4, -0.2) is 43.2 Å². The number of fused-ring (bicyclic) bond motifs is 3. The van der Waals surface area contributed by atoms with Gasteiger partial charge in [-0.05, 0) is 57.2 Å². The van der Waals surface area contributed by atoms with E-state index in [1.807, 2.05) is 56.4 Å². The third kappa shape index (κ3) is 3.64. The van der Waals surface area contributed by atoms with Crippen LogP contribution in [-0.2, 0) is 11.2 Å². The molecule has 0 amide bonds. The van der Waals surface area contributed by atoms with Crippen LogP contribution in [0.3, 0.4) is 0 Å². The summed E-state index contributed by atoms with van der Waals surface area (Å²) >= 11 is 0. The van der Waals surface area contributed by atoms with Gasteiger partial charge >= 0.3 is 0 Å². The summed E-state index contributed by atoms with van der Waals surface area (Å²) < 4.78 is 12.2. The maximum absolute atomic E-state index is 12.2. The summed E-state index contributed by atoms with van der Waals surface area (Å²) in [6.45, 7) is 0. The van der Waals surface area contributed by atoms with Gasteiger partial charge in [-0.25, -0.2) is 0 Å². The van der Waals surface area contributed by atoms with Crippen LogP contribution in [0.2, 0.25) is 0 Å². The van der Waals surface area contributed by atoms with E-state index in [2.05, 4.69) is 23.2 Å². The van der Waals surface area contributed by atoms with E-state index in [1.54, 1.807) is 31.6 Å². The Morgan fingerprint density at radius 2 is 1.76 bits per heavy atom. The molecule has 0 bridgehead atoms. The molecule has 1 fully saturated rings. The molecule has 3 aromatic rings. The van der Waals surface area contributed by atoms with Gasteiger partial charge in [0.05, 0.1) is 36.7 Å². The molecule has 6 nitrogen and oxygen atoms in total. The highest BCUT2D eigenvalue weighted by Crippen LogP contribution is 2.67. The number of pyridine rings is 1. The fraction of sp³-hybridized carbons (Fsp3) is 0.333. The Labute approximate surface area is 195 Å². The second-order valence-corrected chi connectivity index (χ2v) is 8.95. The zero-order chi connectivity index (χ0) is 23.6. The van der Waals surface area contributed by atoms with Gasteiger partial charge in [0.15, 0.2) is 5.60 Å². The number of ether oxygens (including phenoxy) is 2. The quantitative estimate of drug-likeness (QED) is 0.654. The predicted molar refractivity (Wildman–Crippen MR) is 126 cm³/mol. The largest absolute Gasteiger partial charge is 0.495 e. The zero-order valence-corrected chi connectivity index (χ0v) is 19.4. The molecular formula is C27H29N3O3. The summed E-state index contributed by atoms with van der Waals surface area (Å²) in [5.41, 5.74) is 0.860. The molecule has 1 aliphatic carbocycles. The summed E-state index contributed by atoms with van der Waals surface area (Å²) in [6.07, 6.45) is 4.54. The van der Waals surface area contributed by atoms with Crippen LogP contribution in [0.15, 0.2) is 67.0 Å². The highest BCUT2D eigenvalue weighted by Gasteiger charge is 2.69. The first-order chi connectivity index (χ1) is 15.9. The van der Waals surface area contributed by atoms with Crippen LogP contribution in [0.1, 0.15) is 41.0 Å². The number of aromatic nitrogens is 1. The van der Waals surface area contributed by atoms with Crippen LogP contribution in [0, 0.1) is 11.3 Å². The number of methoxy groups -OCH3 is 1. The fourth-order valence-electron chi connectivity index (χ4n) is 5.11. The van der Waals surface area contributed by atoms with Crippen molar-refractivity contribution in [2.75, 3.05) is 28.3 Å². The average Bonchev–Trinajstić information content (AvgIpc) is 3.26. The molecule has 6 heteroatoms. The Bertz CT molecular complexity index is 1150. The molecule has 0 saturated heterocycles. The molecule has 0 spiro atoms. The van der Waals surface area contributed by atoms with Gasteiger partial charge in [0.1, 0.15) is 17.1 Å². The number of hydrogen-bond acceptors (Lipinski definition) is 6. The van der Waals surface area contributed by atoms with Crippen molar-refractivity contribution in [2.45, 2.75) is 30.0 Å². The van der Waals surface area contributed by atoms with Crippen molar-refractivity contribution in [3.05, 3.63) is 89.2 Å². The lowest BCUT2D eigenvalue weighted by atomic mass is 9.71. The van der Waals surface area contributed by atoms with Crippen molar-refractivity contribution >= 4 is 0 Å². The van der Waals surface area contributed by atoms with Gasteiger partial charge in [0, 0.05) is 5.92 Å². The van der Waals surface area contributed by atoms with Crippen molar-refractivity contribution in [3.63, 3.8) is 0 Å². The second kappa shape index (κ2) is 8.86. The molecule has 1 N–H and O–H groups in total. The third-order valence-corrected chi connectivity index (χ3v) is 6.33. The molecule has 33 heavy (non-hydrogen) atoms. The molecule has 170 valence electrons. The molecular weight excluding hydrogens is 414 g/mol. The standard InChI is InChI=1S/C24H20N2O3.C3H9N/c1-28-20-14-26-15-21-22(20)23(27)12-11-19(17-5-3-2-4-6-17)24(23,29-21)18-9-7-16(13-25)8-10-18;1-4(2)3/h2-10,14-15,19,27H,11-12H2,1H3;1-3H3/t19-,23+,24-;/m0./s1. The number of rotatable bonds is 3. The van der Waals surface area contributed by atoms with E-state index in [-0.39, 0.29) is 5.92 Å². The first-order valence-corrected chi connectivity index (χ1v) is 11.0. The van der Waals surface area contributed by atoms with Gasteiger partial charge in [-0.1, -0.05) is 42.5 Å². The lowest BCUT2D eigenvalue weighted by Gasteiger charge is -2.40. The smallest absolute Gasteiger partial charge is 0.174 e. The Kier molecular flexibility index (Phi) is 6.11. The van der Waals surface area contributed by atoms with Crippen LogP contribution in [0.5, 0.6) is 11.5 Å². The molecule has 2 heterocycles. The van der Waals surface area contributed by atoms with E-state index in [9.17, 15) is 10.4 Å². The lowest BCUT2D eigenvalue weighted by Crippen LogP contribution is -2.48. The topological polar surface area (TPSA) is 78.6 Å². The van der Waals surface area contributed by atoms with Crippen molar-refractivity contribution < 1.29 is 14.6 Å². The number of aliphatic hydroxyl groups is 1. The third-order valence-electron chi connectivity index (χ3n) is 6.33. The van der Waals surface area contributed by atoms with Crippen LogP contribution in [0.4, 0.5) is 0 Å². The summed E-state index contributed by atoms with van der Waals surface area (Å²) in [6, 6.07) is 19.6. The van der Waals surface area contributed by atoms with E-state index >= 15 is 0 Å². The SMILES string of the molecule is CN(C)C.COc1cncc2c1[C@]1(O)CC[C@@H](c3ccccc3)[C@]1(c1ccc(C#N)cc1)O2. The maximum Gasteiger partial charge on any atom is 0.174 e. The Morgan fingerprint density at radius 3 is 2.36 bits per heavy atom. The second-order valence-electron chi connectivity index (χ2n) is 8.95. The zero-order valence-electron chi connectivity index (χ0n) is 19.4. The fourth-order valence-corrected chi connectivity index (χ4v) is 5.11. The summed E-state index contributed by atoms with van der Waals surface area (Å²) in [5, 5.41) is 21.4. The van der Waals surface area contributed by atoms with E-state index in [1.165, 1.54) is 0 Å². The van der Waals surface area contributed by atoms with Gasteiger partial charge in [0.25, 0.3) is 0 Å². The number of hydrogen-bond donors (Lipinski definition) is 1. The molecule has 0 unspecified atom stereocenters. The first-order valence-electron chi connectivity index (χ1n) is 11.0. The van der Waals surface area contributed by atoms with Crippen LogP contribution < -0.4 is 9.47 Å². The average molecular weight is 444 g/mol. The van der Waals surface area contributed by atoms with Crippen LogP contribution in [0.25, 0.3) is 0 Å². The molecule has 1 aromatic heterocycles. The van der Waals surface area contributed by atoms with Gasteiger partial charge in [-0.3, -0.25) is 4.98 Å². The van der Waals surface area contributed by atoms with Gasteiger partial charge in [-0.15, -0.1) is 0 Å². The Hall–Kier alpha value is -3.40. The Balaban J connectivity index is 0.000000601. The van der Waals surface area contributed by atoms with E-state index in [0.29, 0.717) is 29.0 Å². The number of nitriles is 1. The molecule has 2 aliphatic rings. The van der Waals surface area contributed by atoms with E-state index < -0.39 is 11.2 Å². The molecule has 3 atom stereocenters. The molecule has 2 aromatic carbocycles. The maximum atomic E-state index is 12.2. The number of benzene rings is 2.